The van der Waals surface area contributed by atoms with Crippen molar-refractivity contribution in [1.29, 1.82) is 0 Å². The van der Waals surface area contributed by atoms with Gasteiger partial charge in [0.1, 0.15) is 5.52 Å². The summed E-state index contributed by atoms with van der Waals surface area (Å²) in [7, 11) is 0. The molecule has 0 aliphatic carbocycles. The average Bonchev–Trinajstić information content (AvgIpc) is 2.92. The smallest absolute Gasteiger partial charge is 0.235 e. The maximum Gasteiger partial charge on any atom is 0.235 e. The van der Waals surface area contributed by atoms with Gasteiger partial charge in [-0.3, -0.25) is 0 Å². The molecular weight excluding hydrogens is 256 g/mol. The SMILES string of the molecule is c1ccc2[nH+]c3c(ccc4c5ccccc5[nH]c43)cc2c1. The Morgan fingerprint density at radius 1 is 0.714 bits per heavy atom. The van der Waals surface area contributed by atoms with E-state index < -0.39 is 0 Å². The fraction of sp³-hybridized carbons (Fsp3) is 0. The number of hydrogen-bond acceptors (Lipinski definition) is 0. The highest BCUT2D eigenvalue weighted by Crippen LogP contribution is 2.30. The van der Waals surface area contributed by atoms with Crippen molar-refractivity contribution in [3.8, 4) is 0 Å². The number of nitrogens with one attached hydrogen (secondary N) is 2. The predicted octanol–water partition coefficient (Wildman–Crippen LogP) is 4.44. The van der Waals surface area contributed by atoms with Gasteiger partial charge >= 0.3 is 0 Å². The molecule has 0 bridgehead atoms. The highest BCUT2D eigenvalue weighted by molar-refractivity contribution is 6.15. The first kappa shape index (κ1) is 10.9. The monoisotopic (exact) mass is 269 g/mol. The van der Waals surface area contributed by atoms with Crippen LogP contribution < -0.4 is 4.98 Å². The first-order valence-corrected chi connectivity index (χ1v) is 7.14. The Hall–Kier alpha value is -2.87. The van der Waals surface area contributed by atoms with E-state index in [1.165, 1.54) is 38.1 Å². The number of H-pyrrole nitrogens is 2. The predicted molar refractivity (Wildman–Crippen MR) is 87.4 cm³/mol. The molecule has 0 atom stereocenters. The lowest BCUT2D eigenvalue weighted by molar-refractivity contribution is -0.309. The summed E-state index contributed by atoms with van der Waals surface area (Å²) in [5.41, 5.74) is 4.69. The number of aromatic amines is 2. The fourth-order valence-corrected chi connectivity index (χ4v) is 3.23. The van der Waals surface area contributed by atoms with Gasteiger partial charge in [-0.05, 0) is 24.3 Å². The van der Waals surface area contributed by atoms with Crippen molar-refractivity contribution in [2.75, 3.05) is 0 Å². The van der Waals surface area contributed by atoms with Crippen molar-refractivity contribution >= 4 is 43.6 Å². The first-order chi connectivity index (χ1) is 10.4. The quantitative estimate of drug-likeness (QED) is 0.403. The minimum Gasteiger partial charge on any atom is -0.349 e. The summed E-state index contributed by atoms with van der Waals surface area (Å²) in [6.07, 6.45) is 0. The second-order valence-corrected chi connectivity index (χ2v) is 5.48. The Morgan fingerprint density at radius 3 is 2.57 bits per heavy atom. The van der Waals surface area contributed by atoms with Gasteiger partial charge in [-0.2, -0.15) is 0 Å². The average molecular weight is 269 g/mol. The summed E-state index contributed by atoms with van der Waals surface area (Å²) in [6, 6.07) is 23.5. The van der Waals surface area contributed by atoms with E-state index in [0.717, 1.165) is 5.52 Å². The highest BCUT2D eigenvalue weighted by atomic mass is 14.8. The van der Waals surface area contributed by atoms with Crippen molar-refractivity contribution in [3.63, 3.8) is 0 Å². The number of fused-ring (bicyclic) bond motifs is 6. The Bertz CT molecular complexity index is 1140. The molecular formula is C19H13N2+. The van der Waals surface area contributed by atoms with E-state index in [1.807, 2.05) is 0 Å². The second-order valence-electron chi connectivity index (χ2n) is 5.48. The lowest BCUT2D eigenvalue weighted by Gasteiger charge is -1.97. The van der Waals surface area contributed by atoms with E-state index in [-0.39, 0.29) is 0 Å². The third-order valence-electron chi connectivity index (χ3n) is 4.25. The third kappa shape index (κ3) is 1.44. The summed E-state index contributed by atoms with van der Waals surface area (Å²) >= 11 is 0. The van der Waals surface area contributed by atoms with Crippen LogP contribution in [0.25, 0.3) is 43.6 Å². The molecule has 0 saturated carbocycles. The van der Waals surface area contributed by atoms with E-state index in [1.54, 1.807) is 0 Å². The molecule has 0 spiro atoms. The van der Waals surface area contributed by atoms with E-state index in [4.69, 9.17) is 0 Å². The topological polar surface area (TPSA) is 29.9 Å². The van der Waals surface area contributed by atoms with Crippen molar-refractivity contribution < 1.29 is 4.98 Å². The van der Waals surface area contributed by atoms with Crippen LogP contribution in [0.15, 0.2) is 66.7 Å². The molecule has 5 rings (SSSR count). The van der Waals surface area contributed by atoms with E-state index in [2.05, 4.69) is 76.7 Å². The molecule has 0 aliphatic heterocycles. The van der Waals surface area contributed by atoms with Crippen molar-refractivity contribution in [3.05, 3.63) is 66.7 Å². The summed E-state index contributed by atoms with van der Waals surface area (Å²) in [5, 5.41) is 5.01. The molecule has 0 aliphatic rings. The Morgan fingerprint density at radius 2 is 1.57 bits per heavy atom. The van der Waals surface area contributed by atoms with Crippen LogP contribution in [-0.2, 0) is 0 Å². The van der Waals surface area contributed by atoms with Crippen LogP contribution in [0.3, 0.4) is 0 Å². The molecule has 2 N–H and O–H groups in total. The Kier molecular flexibility index (Phi) is 1.98. The number of pyridine rings is 1. The molecule has 21 heavy (non-hydrogen) atoms. The van der Waals surface area contributed by atoms with Gasteiger partial charge in [0.25, 0.3) is 0 Å². The lowest BCUT2D eigenvalue weighted by atomic mass is 10.1. The van der Waals surface area contributed by atoms with Gasteiger partial charge in [0, 0.05) is 33.1 Å². The summed E-state index contributed by atoms with van der Waals surface area (Å²) in [4.78, 5) is 7.14. The van der Waals surface area contributed by atoms with Crippen LogP contribution in [0, 0.1) is 0 Å². The number of aromatic nitrogens is 2. The van der Waals surface area contributed by atoms with Gasteiger partial charge in [-0.15, -0.1) is 0 Å². The number of benzene rings is 3. The van der Waals surface area contributed by atoms with E-state index >= 15 is 0 Å². The Labute approximate surface area is 121 Å². The molecule has 2 nitrogen and oxygen atoms in total. The minimum absolute atomic E-state index is 1.16. The normalized spacial score (nSPS) is 11.8. The molecule has 2 heteroatoms. The molecule has 0 saturated heterocycles. The number of hydrogen-bond donors (Lipinski definition) is 1. The zero-order valence-corrected chi connectivity index (χ0v) is 11.4. The van der Waals surface area contributed by atoms with Crippen LogP contribution in [0.2, 0.25) is 0 Å². The molecule has 98 valence electrons. The Balaban J connectivity index is 2.05. The van der Waals surface area contributed by atoms with Crippen LogP contribution >= 0.6 is 0 Å². The molecule has 0 radical (unpaired) electrons. The molecule has 0 fully saturated rings. The standard InChI is InChI=1S/C19H12N2/c1-3-7-16-12(5-1)11-13-9-10-15-14-6-2-4-8-17(14)21-19(15)18(13)20-16/h1-11,21H/p+1. The molecule has 0 unspecified atom stereocenters. The summed E-state index contributed by atoms with van der Waals surface area (Å²) in [5.74, 6) is 0. The van der Waals surface area contributed by atoms with Crippen molar-refractivity contribution in [1.82, 2.24) is 4.98 Å². The highest BCUT2D eigenvalue weighted by Gasteiger charge is 2.13. The molecule has 3 aromatic carbocycles. The third-order valence-corrected chi connectivity index (χ3v) is 4.25. The lowest BCUT2D eigenvalue weighted by Crippen LogP contribution is -2.05. The van der Waals surface area contributed by atoms with Gasteiger partial charge in [0.15, 0.2) is 0 Å². The van der Waals surface area contributed by atoms with Gasteiger partial charge in [0.05, 0.1) is 0 Å². The molecule has 0 amide bonds. The minimum atomic E-state index is 1.16. The molecule has 2 heterocycles. The van der Waals surface area contributed by atoms with E-state index in [0.29, 0.717) is 0 Å². The second kappa shape index (κ2) is 3.83. The van der Waals surface area contributed by atoms with Crippen LogP contribution in [-0.4, -0.2) is 4.98 Å². The van der Waals surface area contributed by atoms with Gasteiger partial charge in [0.2, 0.25) is 11.0 Å². The fourth-order valence-electron chi connectivity index (χ4n) is 3.23. The van der Waals surface area contributed by atoms with Gasteiger partial charge in [-0.25, -0.2) is 4.98 Å². The largest absolute Gasteiger partial charge is 0.349 e. The first-order valence-electron chi connectivity index (χ1n) is 7.14. The van der Waals surface area contributed by atoms with Crippen LogP contribution in [0.1, 0.15) is 0 Å². The van der Waals surface area contributed by atoms with Crippen LogP contribution in [0.5, 0.6) is 0 Å². The van der Waals surface area contributed by atoms with Gasteiger partial charge < -0.3 is 4.98 Å². The maximum absolute atomic E-state index is 3.58. The van der Waals surface area contributed by atoms with Crippen LogP contribution in [0.4, 0.5) is 0 Å². The molecule has 5 aromatic rings. The zero-order valence-electron chi connectivity index (χ0n) is 11.4. The number of para-hydroxylation sites is 2. The number of rotatable bonds is 0. The zero-order chi connectivity index (χ0) is 13.8. The van der Waals surface area contributed by atoms with Crippen molar-refractivity contribution in [2.45, 2.75) is 0 Å². The van der Waals surface area contributed by atoms with Crippen molar-refractivity contribution in [2.24, 2.45) is 0 Å². The maximum atomic E-state index is 3.58. The summed E-state index contributed by atoms with van der Waals surface area (Å²) in [6.45, 7) is 0. The summed E-state index contributed by atoms with van der Waals surface area (Å²) < 4.78 is 0. The van der Waals surface area contributed by atoms with E-state index in [9.17, 15) is 0 Å². The van der Waals surface area contributed by atoms with Gasteiger partial charge in [-0.1, -0.05) is 36.4 Å². The molecule has 2 aromatic heterocycles.